The molecule has 2 aromatic carbocycles. The first kappa shape index (κ1) is 16.7. The third-order valence-electron chi connectivity index (χ3n) is 4.34. The van der Waals surface area contributed by atoms with Gasteiger partial charge in [0.25, 0.3) is 0 Å². The van der Waals surface area contributed by atoms with E-state index in [-0.39, 0.29) is 0 Å². The van der Waals surface area contributed by atoms with Gasteiger partial charge in [-0.05, 0) is 53.2 Å². The van der Waals surface area contributed by atoms with Crippen LogP contribution >= 0.6 is 0 Å². The predicted octanol–water partition coefficient (Wildman–Crippen LogP) is 4.53. The molecular formula is C22H17N3O2. The second-order valence-electron chi connectivity index (χ2n) is 6.00. The number of oxime groups is 1. The van der Waals surface area contributed by atoms with Crippen LogP contribution in [0.1, 0.15) is 11.3 Å². The summed E-state index contributed by atoms with van der Waals surface area (Å²) in [5.74, 6) is 0.802. The molecule has 27 heavy (non-hydrogen) atoms. The van der Waals surface area contributed by atoms with Crippen molar-refractivity contribution < 1.29 is 9.94 Å². The van der Waals surface area contributed by atoms with Crippen molar-refractivity contribution in [3.8, 4) is 17.1 Å². The second kappa shape index (κ2) is 7.25. The summed E-state index contributed by atoms with van der Waals surface area (Å²) in [6.45, 7) is 0. The minimum absolute atomic E-state index is 0.408. The number of methoxy groups -OCH3 is 1. The first-order valence-electron chi connectivity index (χ1n) is 8.47. The summed E-state index contributed by atoms with van der Waals surface area (Å²) in [6.07, 6.45) is 1.72. The van der Waals surface area contributed by atoms with E-state index in [1.165, 1.54) is 0 Å². The SMILES string of the molecule is COc1ccc2cc(/C(=N\O)c3cccc(-c4ccccn4)n3)ccc2c1. The van der Waals surface area contributed by atoms with Crippen molar-refractivity contribution in [3.05, 3.63) is 90.3 Å². The van der Waals surface area contributed by atoms with E-state index in [9.17, 15) is 5.21 Å². The summed E-state index contributed by atoms with van der Waals surface area (Å²) in [6, 6.07) is 22.9. The molecule has 132 valence electrons. The molecule has 4 rings (SSSR count). The molecule has 0 saturated carbocycles. The van der Waals surface area contributed by atoms with Gasteiger partial charge in [0.05, 0.1) is 24.2 Å². The van der Waals surface area contributed by atoms with Gasteiger partial charge in [-0.1, -0.05) is 35.5 Å². The molecule has 2 aromatic heterocycles. The zero-order chi connectivity index (χ0) is 18.6. The van der Waals surface area contributed by atoms with Crippen molar-refractivity contribution in [3.63, 3.8) is 0 Å². The van der Waals surface area contributed by atoms with Crippen molar-refractivity contribution in [2.75, 3.05) is 7.11 Å². The summed E-state index contributed by atoms with van der Waals surface area (Å²) < 4.78 is 5.27. The third-order valence-corrected chi connectivity index (χ3v) is 4.34. The molecule has 1 N–H and O–H groups in total. The number of aromatic nitrogens is 2. The number of hydrogen-bond donors (Lipinski definition) is 1. The van der Waals surface area contributed by atoms with Crippen molar-refractivity contribution >= 4 is 16.5 Å². The van der Waals surface area contributed by atoms with Crippen molar-refractivity contribution in [2.24, 2.45) is 5.16 Å². The van der Waals surface area contributed by atoms with E-state index in [1.807, 2.05) is 72.8 Å². The lowest BCUT2D eigenvalue weighted by Gasteiger charge is -2.08. The third kappa shape index (κ3) is 3.35. The van der Waals surface area contributed by atoms with E-state index in [4.69, 9.17) is 4.74 Å². The largest absolute Gasteiger partial charge is 0.497 e. The monoisotopic (exact) mass is 355 g/mol. The van der Waals surface area contributed by atoms with Gasteiger partial charge in [-0.2, -0.15) is 0 Å². The van der Waals surface area contributed by atoms with Gasteiger partial charge in [-0.3, -0.25) is 4.98 Å². The van der Waals surface area contributed by atoms with Crippen LogP contribution in [0, 0.1) is 0 Å². The molecule has 0 bridgehead atoms. The molecular weight excluding hydrogens is 338 g/mol. The summed E-state index contributed by atoms with van der Waals surface area (Å²) in [4.78, 5) is 8.95. The Morgan fingerprint density at radius 3 is 2.48 bits per heavy atom. The highest BCUT2D eigenvalue weighted by molar-refractivity contribution is 6.13. The van der Waals surface area contributed by atoms with E-state index in [0.29, 0.717) is 11.4 Å². The quantitative estimate of drug-likeness (QED) is 0.332. The number of pyridine rings is 2. The molecule has 0 fully saturated rings. The normalized spacial score (nSPS) is 11.5. The van der Waals surface area contributed by atoms with Gasteiger partial charge in [-0.25, -0.2) is 4.98 Å². The Bertz CT molecular complexity index is 1120. The Morgan fingerprint density at radius 2 is 1.70 bits per heavy atom. The van der Waals surface area contributed by atoms with E-state index in [0.717, 1.165) is 33.5 Å². The lowest BCUT2D eigenvalue weighted by molar-refractivity contribution is 0.319. The molecule has 0 aliphatic heterocycles. The fraction of sp³-hybridized carbons (Fsp3) is 0.0455. The molecule has 0 radical (unpaired) electrons. The Hall–Kier alpha value is -3.73. The lowest BCUT2D eigenvalue weighted by Crippen LogP contribution is -2.06. The fourth-order valence-electron chi connectivity index (χ4n) is 2.98. The number of nitrogens with zero attached hydrogens (tertiary/aromatic N) is 3. The smallest absolute Gasteiger partial charge is 0.135 e. The van der Waals surface area contributed by atoms with Gasteiger partial charge in [0.2, 0.25) is 0 Å². The molecule has 0 unspecified atom stereocenters. The van der Waals surface area contributed by atoms with Crippen LogP contribution in [-0.4, -0.2) is 28.0 Å². The number of rotatable bonds is 4. The van der Waals surface area contributed by atoms with Gasteiger partial charge in [0.1, 0.15) is 11.5 Å². The van der Waals surface area contributed by atoms with Gasteiger partial charge >= 0.3 is 0 Å². The molecule has 2 heterocycles. The van der Waals surface area contributed by atoms with Crippen LogP contribution in [0.4, 0.5) is 0 Å². The van der Waals surface area contributed by atoms with Crippen molar-refractivity contribution in [1.29, 1.82) is 0 Å². The minimum Gasteiger partial charge on any atom is -0.497 e. The average molecular weight is 355 g/mol. The Morgan fingerprint density at radius 1 is 0.889 bits per heavy atom. The molecule has 0 saturated heterocycles. The van der Waals surface area contributed by atoms with Crippen LogP contribution in [0.25, 0.3) is 22.2 Å². The van der Waals surface area contributed by atoms with E-state index >= 15 is 0 Å². The summed E-state index contributed by atoms with van der Waals surface area (Å²) in [5.41, 5.74) is 3.25. The van der Waals surface area contributed by atoms with Gasteiger partial charge in [-0.15, -0.1) is 0 Å². The average Bonchev–Trinajstić information content (AvgIpc) is 2.75. The molecule has 5 nitrogen and oxygen atoms in total. The molecule has 0 atom stereocenters. The fourth-order valence-corrected chi connectivity index (χ4v) is 2.98. The summed E-state index contributed by atoms with van der Waals surface area (Å²) >= 11 is 0. The molecule has 0 aliphatic rings. The standard InChI is InChI=1S/C22H17N3O2/c1-27-18-11-10-15-13-17(9-8-16(15)14-18)22(25-26)21-7-4-6-20(24-21)19-5-2-3-12-23-19/h2-14,26H,1H3/b25-22+. The Balaban J connectivity index is 1.75. The summed E-state index contributed by atoms with van der Waals surface area (Å²) in [5, 5.41) is 15.2. The maximum absolute atomic E-state index is 9.66. The van der Waals surface area contributed by atoms with Crippen molar-refractivity contribution in [1.82, 2.24) is 9.97 Å². The topological polar surface area (TPSA) is 67.6 Å². The second-order valence-corrected chi connectivity index (χ2v) is 6.00. The van der Waals surface area contributed by atoms with Gasteiger partial charge < -0.3 is 9.94 Å². The molecule has 0 spiro atoms. The highest BCUT2D eigenvalue weighted by Crippen LogP contribution is 2.23. The van der Waals surface area contributed by atoms with Crippen LogP contribution < -0.4 is 4.74 Å². The highest BCUT2D eigenvalue weighted by atomic mass is 16.5. The highest BCUT2D eigenvalue weighted by Gasteiger charge is 2.12. The first-order valence-corrected chi connectivity index (χ1v) is 8.47. The molecule has 5 heteroatoms. The Kier molecular flexibility index (Phi) is 4.49. The lowest BCUT2D eigenvalue weighted by atomic mass is 10.0. The summed E-state index contributed by atoms with van der Waals surface area (Å²) in [7, 11) is 1.65. The number of ether oxygens (including phenoxy) is 1. The predicted molar refractivity (Wildman–Crippen MR) is 105 cm³/mol. The van der Waals surface area contributed by atoms with Crippen LogP contribution in [0.3, 0.4) is 0 Å². The van der Waals surface area contributed by atoms with Gasteiger partial charge in [0, 0.05) is 11.8 Å². The van der Waals surface area contributed by atoms with E-state index in [1.54, 1.807) is 13.3 Å². The maximum Gasteiger partial charge on any atom is 0.135 e. The van der Waals surface area contributed by atoms with E-state index < -0.39 is 0 Å². The van der Waals surface area contributed by atoms with Gasteiger partial charge in [0.15, 0.2) is 0 Å². The first-order chi connectivity index (χ1) is 13.3. The number of fused-ring (bicyclic) bond motifs is 1. The minimum atomic E-state index is 0.408. The van der Waals surface area contributed by atoms with Crippen LogP contribution in [-0.2, 0) is 0 Å². The number of hydrogen-bond acceptors (Lipinski definition) is 5. The maximum atomic E-state index is 9.66. The van der Waals surface area contributed by atoms with Crippen LogP contribution in [0.5, 0.6) is 5.75 Å². The zero-order valence-corrected chi connectivity index (χ0v) is 14.7. The number of benzene rings is 2. The van der Waals surface area contributed by atoms with Crippen LogP contribution in [0.15, 0.2) is 84.1 Å². The van der Waals surface area contributed by atoms with Crippen molar-refractivity contribution in [2.45, 2.75) is 0 Å². The molecule has 0 aliphatic carbocycles. The van der Waals surface area contributed by atoms with E-state index in [2.05, 4.69) is 15.1 Å². The Labute approximate surface area is 156 Å². The zero-order valence-electron chi connectivity index (χ0n) is 14.7. The van der Waals surface area contributed by atoms with Crippen LogP contribution in [0.2, 0.25) is 0 Å². The molecule has 0 amide bonds. The molecule has 4 aromatic rings.